The highest BCUT2D eigenvalue weighted by atomic mass is 32.2. The second-order valence-corrected chi connectivity index (χ2v) is 4.87. The molecule has 2 aromatic rings. The van der Waals surface area contributed by atoms with Gasteiger partial charge >= 0.3 is 0 Å². The summed E-state index contributed by atoms with van der Waals surface area (Å²) < 4.78 is 18.7. The second-order valence-electron chi connectivity index (χ2n) is 3.75. The van der Waals surface area contributed by atoms with Crippen LogP contribution >= 0.6 is 11.8 Å². The van der Waals surface area contributed by atoms with Crippen molar-refractivity contribution in [3.63, 3.8) is 0 Å². The van der Waals surface area contributed by atoms with Gasteiger partial charge in [0.15, 0.2) is 0 Å². The number of halogens is 1. The minimum atomic E-state index is -0.268. The maximum atomic E-state index is 13.4. The molecule has 0 aliphatic carbocycles. The van der Waals surface area contributed by atoms with Crippen molar-refractivity contribution in [1.82, 2.24) is 0 Å². The predicted molar refractivity (Wildman–Crippen MR) is 71.4 cm³/mol. The van der Waals surface area contributed by atoms with Crippen molar-refractivity contribution >= 4 is 11.8 Å². The largest absolute Gasteiger partial charge is 0.496 e. The first kappa shape index (κ1) is 12.9. The molecule has 0 aromatic heterocycles. The van der Waals surface area contributed by atoms with E-state index in [4.69, 9.17) is 10.5 Å². The van der Waals surface area contributed by atoms with Crippen molar-refractivity contribution in [2.24, 2.45) is 5.73 Å². The van der Waals surface area contributed by atoms with Gasteiger partial charge in [0.25, 0.3) is 0 Å². The zero-order valence-electron chi connectivity index (χ0n) is 10.0. The summed E-state index contributed by atoms with van der Waals surface area (Å²) in [6.45, 7) is 0.331. The fraction of sp³-hybridized carbons (Fsp3) is 0.143. The molecule has 94 valence electrons. The van der Waals surface area contributed by atoms with Crippen LogP contribution in [0.5, 0.6) is 5.75 Å². The lowest BCUT2D eigenvalue weighted by molar-refractivity contribution is 0.405. The number of hydrogen-bond acceptors (Lipinski definition) is 3. The van der Waals surface area contributed by atoms with Gasteiger partial charge in [-0.1, -0.05) is 23.9 Å². The normalized spacial score (nSPS) is 10.4. The van der Waals surface area contributed by atoms with E-state index in [-0.39, 0.29) is 5.82 Å². The van der Waals surface area contributed by atoms with Gasteiger partial charge in [-0.05, 0) is 35.9 Å². The highest BCUT2D eigenvalue weighted by Gasteiger charge is 2.06. The molecule has 4 heteroatoms. The van der Waals surface area contributed by atoms with Gasteiger partial charge in [0, 0.05) is 11.4 Å². The lowest BCUT2D eigenvalue weighted by Crippen LogP contribution is -1.97. The van der Waals surface area contributed by atoms with E-state index in [0.29, 0.717) is 6.54 Å². The first-order valence-corrected chi connectivity index (χ1v) is 6.35. The average molecular weight is 263 g/mol. The molecule has 2 nitrogen and oxygen atoms in total. The van der Waals surface area contributed by atoms with Crippen LogP contribution in [-0.2, 0) is 6.54 Å². The van der Waals surface area contributed by atoms with Gasteiger partial charge in [-0.3, -0.25) is 0 Å². The number of hydrogen-bond donors (Lipinski definition) is 1. The Labute approximate surface area is 110 Å². The SMILES string of the molecule is COc1ccccc1Sc1cc(F)cc(CN)c1. The molecule has 0 saturated carbocycles. The van der Waals surface area contributed by atoms with Gasteiger partial charge in [0.05, 0.1) is 12.0 Å². The van der Waals surface area contributed by atoms with Gasteiger partial charge in [0.2, 0.25) is 0 Å². The Hall–Kier alpha value is -1.52. The lowest BCUT2D eigenvalue weighted by Gasteiger charge is -2.08. The Kier molecular flexibility index (Phi) is 4.23. The monoisotopic (exact) mass is 263 g/mol. The molecular weight excluding hydrogens is 249 g/mol. The van der Waals surface area contributed by atoms with Gasteiger partial charge in [-0.15, -0.1) is 0 Å². The number of ether oxygens (including phenoxy) is 1. The third-order valence-corrected chi connectivity index (χ3v) is 3.49. The molecule has 0 amide bonds. The van der Waals surface area contributed by atoms with Crippen LogP contribution in [0.3, 0.4) is 0 Å². The Balaban J connectivity index is 2.30. The summed E-state index contributed by atoms with van der Waals surface area (Å²) in [5, 5.41) is 0. The van der Waals surface area contributed by atoms with Gasteiger partial charge in [-0.2, -0.15) is 0 Å². The Morgan fingerprint density at radius 3 is 2.72 bits per heavy atom. The topological polar surface area (TPSA) is 35.2 Å². The molecule has 0 unspecified atom stereocenters. The summed E-state index contributed by atoms with van der Waals surface area (Å²) in [6.07, 6.45) is 0. The van der Waals surface area contributed by atoms with Crippen LogP contribution in [0.2, 0.25) is 0 Å². The molecule has 0 aliphatic heterocycles. The predicted octanol–water partition coefficient (Wildman–Crippen LogP) is 3.44. The van der Waals surface area contributed by atoms with Crippen molar-refractivity contribution in [2.45, 2.75) is 16.3 Å². The molecule has 0 saturated heterocycles. The van der Waals surface area contributed by atoms with Crippen LogP contribution in [0.1, 0.15) is 5.56 Å². The van der Waals surface area contributed by atoms with E-state index in [1.54, 1.807) is 7.11 Å². The van der Waals surface area contributed by atoms with E-state index in [1.807, 2.05) is 30.3 Å². The van der Waals surface area contributed by atoms with E-state index < -0.39 is 0 Å². The Morgan fingerprint density at radius 1 is 1.22 bits per heavy atom. The van der Waals surface area contributed by atoms with Crippen LogP contribution in [0, 0.1) is 5.82 Å². The van der Waals surface area contributed by atoms with Crippen molar-refractivity contribution in [2.75, 3.05) is 7.11 Å². The maximum absolute atomic E-state index is 13.4. The molecule has 0 radical (unpaired) electrons. The Morgan fingerprint density at radius 2 is 2.00 bits per heavy atom. The van der Waals surface area contributed by atoms with E-state index in [0.717, 1.165) is 21.1 Å². The highest BCUT2D eigenvalue weighted by molar-refractivity contribution is 7.99. The molecule has 0 fully saturated rings. The number of nitrogens with two attached hydrogens (primary N) is 1. The molecule has 0 bridgehead atoms. The quantitative estimate of drug-likeness (QED) is 0.917. The molecule has 18 heavy (non-hydrogen) atoms. The van der Waals surface area contributed by atoms with Crippen LogP contribution in [0.4, 0.5) is 4.39 Å². The molecule has 2 rings (SSSR count). The molecule has 0 aliphatic rings. The van der Waals surface area contributed by atoms with Crippen LogP contribution in [0.25, 0.3) is 0 Å². The third-order valence-electron chi connectivity index (χ3n) is 2.46. The van der Waals surface area contributed by atoms with Crippen LogP contribution in [-0.4, -0.2) is 7.11 Å². The van der Waals surface area contributed by atoms with Crippen LogP contribution < -0.4 is 10.5 Å². The highest BCUT2D eigenvalue weighted by Crippen LogP contribution is 2.35. The fourth-order valence-corrected chi connectivity index (χ4v) is 2.66. The molecular formula is C14H14FNOS. The van der Waals surface area contributed by atoms with Crippen molar-refractivity contribution < 1.29 is 9.13 Å². The minimum Gasteiger partial charge on any atom is -0.496 e. The van der Waals surface area contributed by atoms with Crippen LogP contribution in [0.15, 0.2) is 52.3 Å². The number of methoxy groups -OCH3 is 1. The molecule has 2 aromatic carbocycles. The van der Waals surface area contributed by atoms with E-state index >= 15 is 0 Å². The van der Waals surface area contributed by atoms with Gasteiger partial charge in [0.1, 0.15) is 11.6 Å². The fourth-order valence-electron chi connectivity index (χ4n) is 1.63. The zero-order valence-corrected chi connectivity index (χ0v) is 10.8. The van der Waals surface area contributed by atoms with Gasteiger partial charge in [-0.25, -0.2) is 4.39 Å². The van der Waals surface area contributed by atoms with Crippen molar-refractivity contribution in [1.29, 1.82) is 0 Å². The molecule has 2 N–H and O–H groups in total. The minimum absolute atomic E-state index is 0.268. The second kappa shape index (κ2) is 5.89. The number of benzene rings is 2. The number of rotatable bonds is 4. The average Bonchev–Trinajstić information content (AvgIpc) is 2.38. The van der Waals surface area contributed by atoms with Gasteiger partial charge < -0.3 is 10.5 Å². The standard InChI is InChI=1S/C14H14FNOS/c1-17-13-4-2-3-5-14(13)18-12-7-10(9-16)6-11(15)8-12/h2-8H,9,16H2,1H3. The summed E-state index contributed by atoms with van der Waals surface area (Å²) >= 11 is 1.46. The van der Waals surface area contributed by atoms with Crippen molar-refractivity contribution in [3.8, 4) is 5.75 Å². The maximum Gasteiger partial charge on any atom is 0.132 e. The molecule has 0 atom stereocenters. The van der Waals surface area contributed by atoms with E-state index in [1.165, 1.54) is 23.9 Å². The summed E-state index contributed by atoms with van der Waals surface area (Å²) in [6, 6.07) is 12.5. The summed E-state index contributed by atoms with van der Waals surface area (Å²) in [7, 11) is 1.62. The number of para-hydroxylation sites is 1. The van der Waals surface area contributed by atoms with Crippen molar-refractivity contribution in [3.05, 3.63) is 53.8 Å². The van der Waals surface area contributed by atoms with E-state index in [2.05, 4.69) is 0 Å². The Bertz CT molecular complexity index is 545. The zero-order chi connectivity index (χ0) is 13.0. The molecule has 0 spiro atoms. The summed E-state index contributed by atoms with van der Waals surface area (Å²) in [5.41, 5.74) is 6.32. The first-order chi connectivity index (χ1) is 8.72. The lowest BCUT2D eigenvalue weighted by atomic mass is 10.2. The first-order valence-electron chi connectivity index (χ1n) is 5.53. The summed E-state index contributed by atoms with van der Waals surface area (Å²) in [4.78, 5) is 1.77. The smallest absolute Gasteiger partial charge is 0.132 e. The van der Waals surface area contributed by atoms with E-state index in [9.17, 15) is 4.39 Å². The molecule has 0 heterocycles. The summed E-state index contributed by atoms with van der Waals surface area (Å²) in [5.74, 6) is 0.511. The third kappa shape index (κ3) is 3.03.